The molecule has 0 unspecified atom stereocenters. The molecule has 1 amide bonds. The number of nitrogens with one attached hydrogen (secondary N) is 1. The Morgan fingerprint density at radius 1 is 1.25 bits per heavy atom. The summed E-state index contributed by atoms with van der Waals surface area (Å²) in [5.41, 5.74) is 1.40. The summed E-state index contributed by atoms with van der Waals surface area (Å²) < 4.78 is 1.26. The maximum Gasteiger partial charge on any atom is 0.312 e. The van der Waals surface area contributed by atoms with Gasteiger partial charge in [-0.1, -0.05) is 12.1 Å². The van der Waals surface area contributed by atoms with Gasteiger partial charge in [-0.05, 0) is 13.8 Å². The first-order chi connectivity index (χ1) is 13.3. The number of aromatic nitrogens is 3. The van der Waals surface area contributed by atoms with Crippen LogP contribution in [0, 0.1) is 34.1 Å². The molecule has 3 aromatic rings. The van der Waals surface area contributed by atoms with Gasteiger partial charge in [0.15, 0.2) is 5.13 Å². The highest BCUT2D eigenvalue weighted by Crippen LogP contribution is 2.27. The average molecular weight is 402 g/mol. The molecule has 0 saturated heterocycles. The van der Waals surface area contributed by atoms with Crippen molar-refractivity contribution in [3.05, 3.63) is 61.3 Å². The van der Waals surface area contributed by atoms with Gasteiger partial charge in [-0.2, -0.15) is 5.10 Å². The van der Waals surface area contributed by atoms with Crippen LogP contribution in [-0.2, 0) is 11.3 Å². The van der Waals surface area contributed by atoms with Crippen molar-refractivity contribution < 1.29 is 14.6 Å². The lowest BCUT2D eigenvalue weighted by Crippen LogP contribution is -2.20. The van der Waals surface area contributed by atoms with Crippen molar-refractivity contribution in [3.8, 4) is 11.3 Å². The van der Waals surface area contributed by atoms with E-state index in [0.717, 1.165) is 11.3 Å². The molecule has 0 saturated carbocycles. The summed E-state index contributed by atoms with van der Waals surface area (Å²) in [5, 5.41) is 30.5. The molecule has 0 spiro atoms. The minimum absolute atomic E-state index is 0.0535. The summed E-state index contributed by atoms with van der Waals surface area (Å²) in [6.07, 6.45) is 0. The number of anilines is 1. The Morgan fingerprint density at radius 3 is 2.64 bits per heavy atom. The van der Waals surface area contributed by atoms with Crippen LogP contribution in [0.2, 0.25) is 0 Å². The molecule has 0 bridgehead atoms. The monoisotopic (exact) mass is 402 g/mol. The number of benzene rings is 1. The lowest BCUT2D eigenvalue weighted by Gasteiger charge is -2.03. The van der Waals surface area contributed by atoms with Crippen molar-refractivity contribution in [3.63, 3.8) is 0 Å². The molecule has 0 fully saturated rings. The molecule has 0 radical (unpaired) electrons. The lowest BCUT2D eigenvalue weighted by atomic mass is 10.1. The molecule has 2 aromatic heterocycles. The number of hydrogen-bond acceptors (Lipinski definition) is 8. The fourth-order valence-corrected chi connectivity index (χ4v) is 3.38. The van der Waals surface area contributed by atoms with Crippen molar-refractivity contribution in [2.75, 3.05) is 5.32 Å². The van der Waals surface area contributed by atoms with E-state index in [1.165, 1.54) is 30.7 Å². The van der Waals surface area contributed by atoms with E-state index >= 15 is 0 Å². The predicted molar refractivity (Wildman–Crippen MR) is 101 cm³/mol. The van der Waals surface area contributed by atoms with Crippen LogP contribution in [0.1, 0.15) is 11.4 Å². The van der Waals surface area contributed by atoms with E-state index in [9.17, 15) is 25.0 Å². The standard InChI is InChI=1S/C16H14N6O5S/c1-9-15(22(26)27)10(2)20(19-9)7-14(23)18-16-17-13(8-28-16)11-4-3-5-12(6-11)21(24)25/h3-6,8H,7H2,1-2H3,(H,17,18,23). The zero-order chi connectivity index (χ0) is 20.4. The number of aryl methyl sites for hydroxylation is 1. The smallest absolute Gasteiger partial charge is 0.300 e. The summed E-state index contributed by atoms with van der Waals surface area (Å²) in [6, 6.07) is 6.02. The van der Waals surface area contributed by atoms with Crippen LogP contribution >= 0.6 is 11.3 Å². The third-order valence-corrected chi connectivity index (χ3v) is 4.68. The first kappa shape index (κ1) is 19.1. The van der Waals surface area contributed by atoms with Gasteiger partial charge in [0.25, 0.3) is 5.69 Å². The molecular formula is C16H14N6O5S. The number of nitro benzene ring substituents is 1. The van der Waals surface area contributed by atoms with E-state index in [0.29, 0.717) is 16.4 Å². The zero-order valence-corrected chi connectivity index (χ0v) is 15.6. The summed E-state index contributed by atoms with van der Waals surface area (Å²) in [4.78, 5) is 37.4. The normalized spacial score (nSPS) is 10.6. The topological polar surface area (TPSA) is 146 Å². The molecule has 11 nitrogen and oxygen atoms in total. The number of non-ortho nitro benzene ring substituents is 1. The van der Waals surface area contributed by atoms with Gasteiger partial charge in [0.2, 0.25) is 5.91 Å². The van der Waals surface area contributed by atoms with Crippen molar-refractivity contribution in [1.82, 2.24) is 14.8 Å². The maximum atomic E-state index is 12.2. The molecule has 0 atom stereocenters. The fraction of sp³-hybridized carbons (Fsp3) is 0.188. The van der Waals surface area contributed by atoms with Crippen LogP contribution in [-0.4, -0.2) is 30.5 Å². The van der Waals surface area contributed by atoms with Crippen LogP contribution in [0.5, 0.6) is 0 Å². The van der Waals surface area contributed by atoms with Gasteiger partial charge in [0, 0.05) is 23.1 Å². The van der Waals surface area contributed by atoms with Gasteiger partial charge < -0.3 is 5.32 Å². The van der Waals surface area contributed by atoms with Gasteiger partial charge in [-0.15, -0.1) is 11.3 Å². The minimum Gasteiger partial charge on any atom is -0.300 e. The number of carbonyl (C=O) groups excluding carboxylic acids is 1. The Bertz CT molecular complexity index is 1090. The Labute approximate surface area is 161 Å². The van der Waals surface area contributed by atoms with Crippen LogP contribution in [0.15, 0.2) is 29.6 Å². The Morgan fingerprint density at radius 2 is 2.00 bits per heavy atom. The molecule has 28 heavy (non-hydrogen) atoms. The molecule has 0 aliphatic rings. The van der Waals surface area contributed by atoms with E-state index in [2.05, 4.69) is 15.4 Å². The van der Waals surface area contributed by atoms with E-state index < -0.39 is 15.8 Å². The van der Waals surface area contributed by atoms with Crippen LogP contribution in [0.25, 0.3) is 11.3 Å². The minimum atomic E-state index is -0.530. The highest BCUT2D eigenvalue weighted by molar-refractivity contribution is 7.14. The highest BCUT2D eigenvalue weighted by atomic mass is 32.1. The highest BCUT2D eigenvalue weighted by Gasteiger charge is 2.23. The zero-order valence-electron chi connectivity index (χ0n) is 14.8. The second-order valence-corrected chi connectivity index (χ2v) is 6.69. The number of nitrogens with zero attached hydrogens (tertiary/aromatic N) is 5. The number of nitro groups is 2. The van der Waals surface area contributed by atoms with Crippen LogP contribution in [0.3, 0.4) is 0 Å². The second kappa shape index (κ2) is 7.52. The predicted octanol–water partition coefficient (Wildman–Crippen LogP) is 3.08. The summed E-state index contributed by atoms with van der Waals surface area (Å²) in [6.45, 7) is 2.83. The van der Waals surface area contributed by atoms with E-state index in [4.69, 9.17) is 0 Å². The SMILES string of the molecule is Cc1nn(CC(=O)Nc2nc(-c3cccc([N+](=O)[O-])c3)cs2)c(C)c1[N+](=O)[O-]. The number of carbonyl (C=O) groups is 1. The molecule has 0 aliphatic heterocycles. The van der Waals surface area contributed by atoms with Crippen molar-refractivity contribution in [2.24, 2.45) is 0 Å². The average Bonchev–Trinajstić information content (AvgIpc) is 3.19. The molecular weight excluding hydrogens is 388 g/mol. The van der Waals surface area contributed by atoms with Crippen molar-refractivity contribution in [2.45, 2.75) is 20.4 Å². The van der Waals surface area contributed by atoms with Crippen LogP contribution in [0.4, 0.5) is 16.5 Å². The molecule has 12 heteroatoms. The molecule has 144 valence electrons. The largest absolute Gasteiger partial charge is 0.312 e. The van der Waals surface area contributed by atoms with E-state index in [1.807, 2.05) is 0 Å². The maximum absolute atomic E-state index is 12.2. The lowest BCUT2D eigenvalue weighted by molar-refractivity contribution is -0.386. The first-order valence-electron chi connectivity index (χ1n) is 7.95. The van der Waals surface area contributed by atoms with Crippen molar-refractivity contribution >= 4 is 33.8 Å². The molecule has 0 aliphatic carbocycles. The van der Waals surface area contributed by atoms with Crippen molar-refractivity contribution in [1.29, 1.82) is 0 Å². The Hall–Kier alpha value is -3.67. The fourth-order valence-electron chi connectivity index (χ4n) is 2.64. The van der Waals surface area contributed by atoms with Gasteiger partial charge in [0.05, 0.1) is 15.5 Å². The van der Waals surface area contributed by atoms with E-state index in [1.54, 1.807) is 17.5 Å². The summed E-state index contributed by atoms with van der Waals surface area (Å²) >= 11 is 1.16. The summed E-state index contributed by atoms with van der Waals surface area (Å²) in [7, 11) is 0. The van der Waals surface area contributed by atoms with Gasteiger partial charge in [-0.3, -0.25) is 29.7 Å². The first-order valence-corrected chi connectivity index (χ1v) is 8.83. The quantitative estimate of drug-likeness (QED) is 0.492. The molecule has 3 rings (SSSR count). The second-order valence-electron chi connectivity index (χ2n) is 5.83. The van der Waals surface area contributed by atoms with Gasteiger partial charge >= 0.3 is 5.69 Å². The van der Waals surface area contributed by atoms with Gasteiger partial charge in [-0.25, -0.2) is 4.98 Å². The third-order valence-electron chi connectivity index (χ3n) is 3.92. The summed E-state index contributed by atoms with van der Waals surface area (Å²) in [5.74, 6) is -0.444. The number of amides is 1. The Kier molecular flexibility index (Phi) is 5.13. The Balaban J connectivity index is 1.73. The molecule has 1 aromatic carbocycles. The number of hydrogen-bond donors (Lipinski definition) is 1. The van der Waals surface area contributed by atoms with Gasteiger partial charge in [0.1, 0.15) is 17.9 Å². The third kappa shape index (κ3) is 3.86. The van der Waals surface area contributed by atoms with E-state index in [-0.39, 0.29) is 29.3 Å². The molecule has 1 N–H and O–H groups in total. The number of rotatable bonds is 6. The van der Waals surface area contributed by atoms with Crippen LogP contribution < -0.4 is 5.32 Å². The number of thiazole rings is 1. The molecule has 2 heterocycles.